The maximum absolute atomic E-state index is 12.5. The first-order valence-corrected chi connectivity index (χ1v) is 29.4. The van der Waals surface area contributed by atoms with Crippen LogP contribution in [0.2, 0.25) is 0 Å². The Morgan fingerprint density at radius 2 is 1.10 bits per heavy atom. The number of hydrogen-bond donors (Lipinski definition) is 10. The van der Waals surface area contributed by atoms with Gasteiger partial charge in [-0.05, 0) is 64.1 Å². The summed E-state index contributed by atoms with van der Waals surface area (Å²) in [6.45, 7) is 7.79. The van der Waals surface area contributed by atoms with Crippen molar-refractivity contribution in [2.24, 2.45) is 0 Å². The quantitative estimate of drug-likeness (QED) is 0.0298. The number of carbonyl (C=O) groups excluding carboxylic acids is 5. The van der Waals surface area contributed by atoms with Gasteiger partial charge >= 0.3 is 0 Å². The van der Waals surface area contributed by atoms with E-state index in [1.807, 2.05) is 19.9 Å². The van der Waals surface area contributed by atoms with E-state index in [2.05, 4.69) is 55.6 Å². The average molecular weight is 1180 g/mol. The third kappa shape index (κ3) is 18.0. The Kier molecular flexibility index (Phi) is 25.2. The molecule has 12 N–H and O–H groups in total. The molecule has 452 valence electrons. The minimum Gasteiger partial charge on any atom is -0.387 e. The Balaban J connectivity index is 0.000000201. The molecule has 0 saturated carbocycles. The first-order chi connectivity index (χ1) is 39.9. The Labute approximate surface area is 480 Å². The summed E-state index contributed by atoms with van der Waals surface area (Å²) < 4.78 is 41.7. The number of ketones is 3. The summed E-state index contributed by atoms with van der Waals surface area (Å²) in [5.74, 6) is 0.0238. The number of imidazole rings is 2. The summed E-state index contributed by atoms with van der Waals surface area (Å²) in [4.78, 5) is 86.5. The van der Waals surface area contributed by atoms with Crippen LogP contribution in [-0.2, 0) is 43.5 Å². The molecule has 1 aromatic carbocycles. The molecule has 5 aromatic heterocycles. The van der Waals surface area contributed by atoms with Gasteiger partial charge in [0.2, 0.25) is 10.0 Å². The molecule has 8 rings (SSSR count). The monoisotopic (exact) mass is 1180 g/mol. The Hall–Kier alpha value is -7.09. The number of anilines is 2. The van der Waals surface area contributed by atoms with E-state index in [1.165, 1.54) is 34.4 Å². The molecule has 0 aliphatic carbocycles. The first kappa shape index (κ1) is 65.1. The molecule has 2 amide bonds. The third-order valence-electron chi connectivity index (χ3n) is 13.9. The van der Waals surface area contributed by atoms with Gasteiger partial charge in [-0.25, -0.2) is 43.0 Å². The minimum absolute atomic E-state index is 0.178. The fourth-order valence-electron chi connectivity index (χ4n) is 9.15. The highest BCUT2D eigenvalue weighted by atomic mass is 32.2. The molecule has 2 saturated heterocycles. The first-order valence-electron chi connectivity index (χ1n) is 27.9. The van der Waals surface area contributed by atoms with Gasteiger partial charge in [0.05, 0.1) is 17.6 Å². The van der Waals surface area contributed by atoms with Gasteiger partial charge in [0.15, 0.2) is 47.6 Å². The molecule has 29 heteroatoms. The number of Topliss-reactive ketones (excluding diaryl/α,β-unsaturated/α-hetero) is 3. The lowest BCUT2D eigenvalue weighted by atomic mass is 10.1. The van der Waals surface area contributed by atoms with Crippen LogP contribution in [0.25, 0.3) is 33.1 Å². The average Bonchev–Trinajstić information content (AvgIpc) is 3.16. The zero-order valence-corrected chi connectivity index (χ0v) is 47.7. The summed E-state index contributed by atoms with van der Waals surface area (Å²) in [6.07, 6.45) is 8.79. The van der Waals surface area contributed by atoms with Crippen molar-refractivity contribution in [1.29, 1.82) is 0 Å². The maximum Gasteiger partial charge on any atom is 0.252 e. The van der Waals surface area contributed by atoms with E-state index in [0.29, 0.717) is 98.8 Å². The number of nitrogens with two attached hydrogens (primary N) is 2. The lowest BCUT2D eigenvalue weighted by Gasteiger charge is -2.16. The molecule has 0 bridgehead atoms. The number of sulfonamides is 1. The second kappa shape index (κ2) is 32.1. The van der Waals surface area contributed by atoms with Crippen molar-refractivity contribution in [3.8, 4) is 0 Å². The molecule has 0 spiro atoms. The topological polar surface area (TPSA) is 419 Å². The molecule has 0 radical (unpaired) electrons. The van der Waals surface area contributed by atoms with Crippen LogP contribution in [0.15, 0.2) is 66.9 Å². The number of benzene rings is 1. The molecule has 6 aromatic rings. The highest BCUT2D eigenvalue weighted by Gasteiger charge is 2.49. The summed E-state index contributed by atoms with van der Waals surface area (Å²) in [5.41, 5.74) is 12.9. The summed E-state index contributed by atoms with van der Waals surface area (Å²) >= 11 is 0. The van der Waals surface area contributed by atoms with Crippen LogP contribution in [0, 0.1) is 0 Å². The van der Waals surface area contributed by atoms with Crippen LogP contribution in [0.1, 0.15) is 123 Å². The lowest BCUT2D eigenvalue weighted by molar-refractivity contribution is -0.138. The number of nitrogens with one attached hydrogen (secondary N) is 4. The number of unbranched alkanes of at least 4 members (excludes halogenated alkanes) is 6. The highest BCUT2D eigenvalue weighted by Crippen LogP contribution is 2.34. The number of aliphatic hydroxyl groups excluding tert-OH is 4. The minimum atomic E-state index is -3.55. The SMILES string of the molecule is CC(=O)CCCCCNCCNS(=O)(=O)c1cccc2cnccc12.CCC(=O)CCCCCNC(=O)[C@H]1O[C@@H](n2cnc3c(N)ncnc32)[C@H](O)[C@@H]1O.CCC(=O)CCCCCNC(=O)[C@H]1O[C@@H](n2cnc3c(N)ncnc32)[C@H](O)[C@@H]1O. The number of nitrogen functional groups attached to an aromatic ring is 2. The molecule has 2 aliphatic heterocycles. The third-order valence-corrected chi connectivity index (χ3v) is 15.4. The van der Waals surface area contributed by atoms with Gasteiger partial charge in [0, 0.05) is 81.4 Å². The van der Waals surface area contributed by atoms with Crippen molar-refractivity contribution in [2.45, 2.75) is 165 Å². The molecule has 7 heterocycles. The van der Waals surface area contributed by atoms with Crippen molar-refractivity contribution in [1.82, 2.24) is 64.7 Å². The highest BCUT2D eigenvalue weighted by molar-refractivity contribution is 7.89. The predicted octanol–water partition coefficient (Wildman–Crippen LogP) is 1.62. The largest absolute Gasteiger partial charge is 0.387 e. The Morgan fingerprint density at radius 3 is 1.59 bits per heavy atom. The Bertz CT molecular complexity index is 3070. The van der Waals surface area contributed by atoms with Gasteiger partial charge in [-0.2, -0.15) is 0 Å². The molecule has 83 heavy (non-hydrogen) atoms. The number of rotatable bonds is 29. The normalized spacial score (nSPS) is 20.4. The van der Waals surface area contributed by atoms with E-state index in [1.54, 1.807) is 37.5 Å². The van der Waals surface area contributed by atoms with Crippen LogP contribution in [0.3, 0.4) is 0 Å². The molecule has 28 nitrogen and oxygen atoms in total. The predicted molar refractivity (Wildman–Crippen MR) is 304 cm³/mol. The fraction of sp³-hybridized carbons (Fsp3) is 0.556. The number of ether oxygens (including phenoxy) is 2. The molecule has 2 fully saturated rings. The second-order valence-electron chi connectivity index (χ2n) is 20.0. The number of aromatic nitrogens is 9. The van der Waals surface area contributed by atoms with E-state index < -0.39 is 70.9 Å². The van der Waals surface area contributed by atoms with E-state index in [4.69, 9.17) is 20.9 Å². The zero-order valence-electron chi connectivity index (χ0n) is 46.9. The van der Waals surface area contributed by atoms with Crippen molar-refractivity contribution in [3.63, 3.8) is 0 Å². The molecular weight excluding hydrogens is 1100 g/mol. The van der Waals surface area contributed by atoms with Gasteiger partial charge in [-0.15, -0.1) is 0 Å². The van der Waals surface area contributed by atoms with E-state index in [-0.39, 0.29) is 33.9 Å². The van der Waals surface area contributed by atoms with E-state index in [0.717, 1.165) is 56.9 Å². The van der Waals surface area contributed by atoms with Crippen LogP contribution in [-0.4, -0.2) is 171 Å². The number of pyridine rings is 1. The standard InChI is InChI=1S/2C18H26N6O5.C18H25N3O3S/c2*1-2-10(25)6-4-3-5-7-20-17(28)14-12(26)13(27)18(29-14)24-9-23-11-15(19)21-8-22-16(11)24;1-15(22)6-3-2-4-10-19-12-13-21-25(23,24)18-8-5-7-16-14-20-11-9-17(16)18/h2*8-9,12-14,18,26-27H,2-7H2,1H3,(H,20,28)(H2,19,21,22);5,7-9,11,14,19,21H,2-4,6,10,12-13H2,1H3/t2*12-,13+,14-,18+;/m00./s1. The fourth-order valence-corrected chi connectivity index (χ4v) is 10.4. The number of amides is 2. The van der Waals surface area contributed by atoms with Gasteiger partial charge < -0.3 is 62.1 Å². The van der Waals surface area contributed by atoms with Gasteiger partial charge in [-0.3, -0.25) is 33.3 Å². The Morgan fingerprint density at radius 1 is 0.602 bits per heavy atom. The van der Waals surface area contributed by atoms with Crippen LogP contribution in [0.4, 0.5) is 11.6 Å². The molecule has 2 aliphatic rings. The number of carbonyl (C=O) groups is 5. The van der Waals surface area contributed by atoms with Crippen LogP contribution < -0.4 is 32.1 Å². The number of fused-ring (bicyclic) bond motifs is 3. The number of hydrogen-bond acceptors (Lipinski definition) is 23. The zero-order chi connectivity index (χ0) is 60.1. The van der Waals surface area contributed by atoms with E-state index >= 15 is 0 Å². The van der Waals surface area contributed by atoms with Crippen LogP contribution >= 0.6 is 0 Å². The summed E-state index contributed by atoms with van der Waals surface area (Å²) in [5, 5.41) is 51.4. The summed E-state index contributed by atoms with van der Waals surface area (Å²) in [6, 6.07) is 6.88. The lowest BCUT2D eigenvalue weighted by Crippen LogP contribution is -2.43. The van der Waals surface area contributed by atoms with Crippen molar-refractivity contribution in [3.05, 3.63) is 62.0 Å². The van der Waals surface area contributed by atoms with Gasteiger partial charge in [-0.1, -0.05) is 45.2 Å². The van der Waals surface area contributed by atoms with Crippen LogP contribution in [0.5, 0.6) is 0 Å². The van der Waals surface area contributed by atoms with Crippen molar-refractivity contribution in [2.75, 3.05) is 44.2 Å². The van der Waals surface area contributed by atoms with Crippen molar-refractivity contribution >= 4 is 83.9 Å². The summed E-state index contributed by atoms with van der Waals surface area (Å²) in [7, 11) is -3.55. The second-order valence-corrected chi connectivity index (χ2v) is 21.8. The number of aliphatic hydroxyl groups is 4. The molecule has 8 atom stereocenters. The van der Waals surface area contributed by atoms with Gasteiger partial charge in [0.25, 0.3) is 11.8 Å². The van der Waals surface area contributed by atoms with Gasteiger partial charge in [0.1, 0.15) is 65.5 Å². The smallest absolute Gasteiger partial charge is 0.252 e. The van der Waals surface area contributed by atoms with Crippen molar-refractivity contribution < 1.29 is 62.3 Å². The van der Waals surface area contributed by atoms with E-state index in [9.17, 15) is 52.8 Å². The maximum atomic E-state index is 12.5. The molecular formula is C54H77N15O13S. The molecule has 0 unspecified atom stereocenters. The number of nitrogens with zero attached hydrogens (tertiary/aromatic N) is 9.